The molecule has 1 fully saturated rings. The minimum Gasteiger partial charge on any atom is -0.413 e. The van der Waals surface area contributed by atoms with Crippen molar-refractivity contribution in [3.63, 3.8) is 0 Å². The van der Waals surface area contributed by atoms with Gasteiger partial charge in [0, 0.05) is 6.42 Å². The topological polar surface area (TPSA) is 97.3 Å². The average molecular weight is 522 g/mol. The van der Waals surface area contributed by atoms with Gasteiger partial charge in [-0.25, -0.2) is 4.98 Å². The minimum absolute atomic E-state index is 0.00308. The first-order chi connectivity index (χ1) is 15.8. The fraction of sp³-hybridized carbons (Fsp3) is 0.708. The van der Waals surface area contributed by atoms with Crippen molar-refractivity contribution in [1.82, 2.24) is 19.5 Å². The van der Waals surface area contributed by atoms with Gasteiger partial charge in [0.05, 0.1) is 19.0 Å². The van der Waals surface area contributed by atoms with Crippen LogP contribution in [0.25, 0.3) is 11.2 Å². The van der Waals surface area contributed by atoms with Crippen LogP contribution < -0.4 is 5.73 Å². The summed E-state index contributed by atoms with van der Waals surface area (Å²) in [6.07, 6.45) is 6.21. The number of hydrogen-bond donors (Lipinski definition) is 1. The molecule has 0 amide bonds. The number of anilines is 1. The van der Waals surface area contributed by atoms with Crippen molar-refractivity contribution in [2.75, 3.05) is 12.3 Å². The highest BCUT2D eigenvalue weighted by Crippen LogP contribution is 2.46. The SMILES string of the molecule is C#C[C@]1(CO[Si](C)(C)C(C)(C)C)O[C@@H](n2cnc3c(N)nc(F)nc32)C[C@@H]1O[Si](C)(C)C(C)(C)C. The Bertz CT molecular complexity index is 1130. The minimum atomic E-state index is -2.22. The van der Waals surface area contributed by atoms with Gasteiger partial charge in [0.1, 0.15) is 6.23 Å². The second-order valence-corrected chi connectivity index (χ2v) is 22.0. The molecule has 8 nitrogen and oxygen atoms in total. The Kier molecular flexibility index (Phi) is 7.07. The van der Waals surface area contributed by atoms with Crippen molar-refractivity contribution in [2.24, 2.45) is 0 Å². The van der Waals surface area contributed by atoms with E-state index in [2.05, 4.69) is 88.6 Å². The molecule has 2 N–H and O–H groups in total. The Morgan fingerprint density at radius 1 is 1.17 bits per heavy atom. The first-order valence-corrected chi connectivity index (χ1v) is 17.8. The van der Waals surface area contributed by atoms with Crippen molar-refractivity contribution >= 4 is 33.6 Å². The van der Waals surface area contributed by atoms with E-state index in [0.29, 0.717) is 11.9 Å². The lowest BCUT2D eigenvalue weighted by Crippen LogP contribution is -2.54. The lowest BCUT2D eigenvalue weighted by atomic mass is 9.99. The molecular formula is C24H40FN5O3Si2. The molecule has 0 radical (unpaired) electrons. The Morgan fingerprint density at radius 2 is 1.77 bits per heavy atom. The first-order valence-electron chi connectivity index (χ1n) is 12.0. The third kappa shape index (κ3) is 5.18. The largest absolute Gasteiger partial charge is 0.413 e. The van der Waals surface area contributed by atoms with Crippen LogP contribution in [0.15, 0.2) is 6.33 Å². The van der Waals surface area contributed by atoms with Crippen LogP contribution in [0.5, 0.6) is 0 Å². The molecule has 0 unspecified atom stereocenters. The van der Waals surface area contributed by atoms with E-state index in [1.54, 1.807) is 4.57 Å². The van der Waals surface area contributed by atoms with Gasteiger partial charge < -0.3 is 19.3 Å². The highest BCUT2D eigenvalue weighted by molar-refractivity contribution is 6.74. The summed E-state index contributed by atoms with van der Waals surface area (Å²) >= 11 is 0. The third-order valence-corrected chi connectivity index (χ3v) is 16.9. The second-order valence-electron chi connectivity index (χ2n) is 12.5. The monoisotopic (exact) mass is 521 g/mol. The summed E-state index contributed by atoms with van der Waals surface area (Å²) in [6.45, 7) is 22.0. The molecule has 0 spiro atoms. The Labute approximate surface area is 210 Å². The molecule has 0 aromatic carbocycles. The lowest BCUT2D eigenvalue weighted by molar-refractivity contribution is -0.0838. The smallest absolute Gasteiger partial charge is 0.312 e. The zero-order chi connectivity index (χ0) is 26.6. The van der Waals surface area contributed by atoms with Crippen LogP contribution >= 0.6 is 0 Å². The summed E-state index contributed by atoms with van der Waals surface area (Å²) in [6, 6.07) is 0. The van der Waals surface area contributed by atoms with Crippen LogP contribution in [0, 0.1) is 18.4 Å². The van der Waals surface area contributed by atoms with Crippen molar-refractivity contribution in [3.8, 4) is 12.3 Å². The van der Waals surface area contributed by atoms with Gasteiger partial charge in [-0.1, -0.05) is 47.5 Å². The van der Waals surface area contributed by atoms with Gasteiger partial charge in [-0.2, -0.15) is 14.4 Å². The molecule has 3 atom stereocenters. The molecule has 2 aromatic heterocycles. The highest BCUT2D eigenvalue weighted by Gasteiger charge is 2.54. The molecular weight excluding hydrogens is 481 g/mol. The van der Waals surface area contributed by atoms with Crippen LogP contribution in [0.3, 0.4) is 0 Å². The van der Waals surface area contributed by atoms with E-state index in [-0.39, 0.29) is 28.1 Å². The maximum absolute atomic E-state index is 14.0. The molecule has 1 aliphatic heterocycles. The van der Waals surface area contributed by atoms with Crippen molar-refractivity contribution < 1.29 is 18.0 Å². The van der Waals surface area contributed by atoms with Crippen LogP contribution in [0.2, 0.25) is 36.3 Å². The summed E-state index contributed by atoms with van der Waals surface area (Å²) in [5.41, 5.74) is 5.31. The van der Waals surface area contributed by atoms with E-state index in [1.807, 2.05) is 0 Å². The molecule has 0 saturated carbocycles. The van der Waals surface area contributed by atoms with Crippen LogP contribution in [-0.4, -0.2) is 54.5 Å². The van der Waals surface area contributed by atoms with Gasteiger partial charge in [0.15, 0.2) is 39.2 Å². The molecule has 1 saturated heterocycles. The summed E-state index contributed by atoms with van der Waals surface area (Å²) in [5, 5.41) is -0.0265. The number of fused-ring (bicyclic) bond motifs is 1. The molecule has 0 aliphatic carbocycles. The van der Waals surface area contributed by atoms with E-state index < -0.39 is 40.6 Å². The summed E-state index contributed by atoms with van der Waals surface area (Å²) in [7, 11) is -4.36. The molecule has 11 heteroatoms. The maximum Gasteiger partial charge on any atom is 0.312 e. The second kappa shape index (κ2) is 8.92. The number of ether oxygens (including phenoxy) is 1. The Morgan fingerprint density at radius 3 is 2.31 bits per heavy atom. The standard InChI is InChI=1S/C24H40FN5O3Si2/c1-12-24(14-31-34(8,9)22(2,3)4)16(33-35(10,11)23(5,6)7)13-17(32-24)30-15-27-18-19(26)28-21(25)29-20(18)30/h1,15-17H,13-14H2,2-11H3,(H2,26,28,29)/t16-,17+,24+/m0/s1. The van der Waals surface area contributed by atoms with Crippen LogP contribution in [0.1, 0.15) is 54.2 Å². The van der Waals surface area contributed by atoms with E-state index in [4.69, 9.17) is 25.7 Å². The van der Waals surface area contributed by atoms with Crippen molar-refractivity contribution in [2.45, 2.75) is 102 Å². The quantitative estimate of drug-likeness (QED) is 0.315. The van der Waals surface area contributed by atoms with Gasteiger partial charge in [-0.15, -0.1) is 6.42 Å². The summed E-state index contributed by atoms with van der Waals surface area (Å²) in [5.74, 6) is 2.87. The highest BCUT2D eigenvalue weighted by atomic mass is 28.4. The molecule has 2 aromatic rings. The number of nitrogens with zero attached hydrogens (tertiary/aromatic N) is 4. The molecule has 3 heterocycles. The van der Waals surface area contributed by atoms with Crippen molar-refractivity contribution in [3.05, 3.63) is 12.4 Å². The van der Waals surface area contributed by atoms with E-state index in [9.17, 15) is 4.39 Å². The summed E-state index contributed by atoms with van der Waals surface area (Å²) in [4.78, 5) is 11.8. The van der Waals surface area contributed by atoms with E-state index in [0.717, 1.165) is 0 Å². The molecule has 3 rings (SSSR count). The fourth-order valence-electron chi connectivity index (χ4n) is 3.51. The van der Waals surface area contributed by atoms with Crippen molar-refractivity contribution in [1.29, 1.82) is 0 Å². The lowest BCUT2D eigenvalue weighted by Gasteiger charge is -2.43. The van der Waals surface area contributed by atoms with E-state index in [1.165, 1.54) is 6.33 Å². The zero-order valence-electron chi connectivity index (χ0n) is 22.7. The third-order valence-electron chi connectivity index (χ3n) is 7.95. The molecule has 1 aliphatic rings. The number of nitrogen functional groups attached to an aromatic ring is 1. The number of hydrogen-bond acceptors (Lipinski definition) is 7. The van der Waals surface area contributed by atoms with Gasteiger partial charge in [0.25, 0.3) is 0 Å². The predicted octanol–water partition coefficient (Wildman–Crippen LogP) is 5.25. The molecule has 194 valence electrons. The normalized spacial score (nSPS) is 24.2. The summed E-state index contributed by atoms with van der Waals surface area (Å²) < 4.78 is 35.6. The van der Waals surface area contributed by atoms with Gasteiger partial charge in [-0.05, 0) is 36.3 Å². The van der Waals surface area contributed by atoms with Crippen LogP contribution in [0.4, 0.5) is 10.2 Å². The number of aromatic nitrogens is 4. The van der Waals surface area contributed by atoms with Crippen LogP contribution in [-0.2, 0) is 13.6 Å². The number of nitrogens with two attached hydrogens (primary N) is 1. The molecule has 35 heavy (non-hydrogen) atoms. The van der Waals surface area contributed by atoms with E-state index >= 15 is 0 Å². The number of rotatable bonds is 6. The molecule has 0 bridgehead atoms. The Balaban J connectivity index is 2.03. The van der Waals surface area contributed by atoms with Gasteiger partial charge in [0.2, 0.25) is 0 Å². The zero-order valence-corrected chi connectivity index (χ0v) is 24.7. The average Bonchev–Trinajstić information content (AvgIpc) is 3.26. The van der Waals surface area contributed by atoms with Gasteiger partial charge >= 0.3 is 6.08 Å². The first kappa shape index (κ1) is 27.7. The predicted molar refractivity (Wildman–Crippen MR) is 141 cm³/mol. The number of imidazole rings is 1. The number of terminal acetylenes is 1. The fourth-order valence-corrected chi connectivity index (χ4v) is 5.87. The Hall–Kier alpha value is -1.85. The maximum atomic E-state index is 14.0. The van der Waals surface area contributed by atoms with Gasteiger partial charge in [-0.3, -0.25) is 4.57 Å². The number of halogens is 1.